The lowest BCUT2D eigenvalue weighted by molar-refractivity contribution is 0.581. The van der Waals surface area contributed by atoms with E-state index in [-0.39, 0.29) is 5.69 Å². The van der Waals surface area contributed by atoms with Crippen molar-refractivity contribution in [3.05, 3.63) is 29.3 Å². The van der Waals surface area contributed by atoms with Crippen LogP contribution in [0.4, 0.5) is 14.5 Å². The second-order valence-corrected chi connectivity index (χ2v) is 3.69. The highest BCUT2D eigenvalue weighted by Crippen LogP contribution is 2.21. The molecule has 15 heavy (non-hydrogen) atoms. The van der Waals surface area contributed by atoms with Crippen molar-refractivity contribution in [3.8, 4) is 0 Å². The van der Waals surface area contributed by atoms with Gasteiger partial charge in [-0.15, -0.1) is 0 Å². The molecule has 0 saturated carbocycles. The minimum atomic E-state index is -0.519. The van der Waals surface area contributed by atoms with E-state index in [2.05, 4.69) is 12.2 Å². The van der Waals surface area contributed by atoms with Crippen molar-refractivity contribution < 1.29 is 8.78 Å². The summed E-state index contributed by atoms with van der Waals surface area (Å²) in [7, 11) is 0. The highest BCUT2D eigenvalue weighted by molar-refractivity contribution is 5.48. The van der Waals surface area contributed by atoms with E-state index in [9.17, 15) is 8.78 Å². The van der Waals surface area contributed by atoms with E-state index >= 15 is 0 Å². The summed E-state index contributed by atoms with van der Waals surface area (Å²) in [6.45, 7) is 4.34. The molecule has 0 aliphatic carbocycles. The lowest BCUT2D eigenvalue weighted by Crippen LogP contribution is -2.06. The number of halogens is 2. The number of anilines is 1. The molecule has 0 unspecified atom stereocenters. The van der Waals surface area contributed by atoms with Gasteiger partial charge in [0.25, 0.3) is 0 Å². The van der Waals surface area contributed by atoms with Crippen LogP contribution < -0.4 is 5.32 Å². The predicted molar refractivity (Wildman–Crippen MR) is 59.1 cm³/mol. The number of aryl methyl sites for hydroxylation is 1. The Bertz CT molecular complexity index is 324. The van der Waals surface area contributed by atoms with Crippen LogP contribution in [0.1, 0.15) is 31.7 Å². The first-order valence-electron chi connectivity index (χ1n) is 5.35. The van der Waals surface area contributed by atoms with Crippen molar-refractivity contribution in [2.24, 2.45) is 0 Å². The van der Waals surface area contributed by atoms with Crippen LogP contribution >= 0.6 is 0 Å². The van der Waals surface area contributed by atoms with E-state index in [1.54, 1.807) is 6.92 Å². The minimum Gasteiger partial charge on any atom is -0.380 e. The van der Waals surface area contributed by atoms with Crippen LogP contribution in [0.15, 0.2) is 12.1 Å². The SMILES string of the molecule is CCCCCNc1c(F)ccc(C)c1F. The monoisotopic (exact) mass is 213 g/mol. The molecule has 1 aromatic carbocycles. The Morgan fingerprint density at radius 1 is 1.20 bits per heavy atom. The molecule has 3 heteroatoms. The van der Waals surface area contributed by atoms with Crippen molar-refractivity contribution >= 4 is 5.69 Å². The Labute approximate surface area is 89.5 Å². The summed E-state index contributed by atoms with van der Waals surface area (Å²) in [4.78, 5) is 0. The summed E-state index contributed by atoms with van der Waals surface area (Å²) in [5.74, 6) is -0.999. The van der Waals surface area contributed by atoms with Gasteiger partial charge >= 0.3 is 0 Å². The van der Waals surface area contributed by atoms with Crippen molar-refractivity contribution in [3.63, 3.8) is 0 Å². The lowest BCUT2D eigenvalue weighted by Gasteiger charge is -2.09. The molecule has 0 aliphatic heterocycles. The zero-order valence-corrected chi connectivity index (χ0v) is 9.24. The second kappa shape index (κ2) is 5.69. The zero-order valence-electron chi connectivity index (χ0n) is 9.24. The molecule has 0 spiro atoms. The van der Waals surface area contributed by atoms with Crippen molar-refractivity contribution in [1.29, 1.82) is 0 Å². The van der Waals surface area contributed by atoms with Gasteiger partial charge in [-0.3, -0.25) is 0 Å². The molecule has 0 saturated heterocycles. The Morgan fingerprint density at radius 3 is 2.60 bits per heavy atom. The highest BCUT2D eigenvalue weighted by atomic mass is 19.1. The van der Waals surface area contributed by atoms with Gasteiger partial charge in [-0.1, -0.05) is 25.8 Å². The summed E-state index contributed by atoms with van der Waals surface area (Å²) in [5, 5.41) is 2.81. The van der Waals surface area contributed by atoms with E-state index < -0.39 is 11.6 Å². The molecular weight excluding hydrogens is 196 g/mol. The maximum absolute atomic E-state index is 13.5. The molecule has 0 aromatic heterocycles. The molecule has 1 aromatic rings. The van der Waals surface area contributed by atoms with Crippen molar-refractivity contribution in [2.45, 2.75) is 33.1 Å². The van der Waals surface area contributed by atoms with Gasteiger partial charge in [0.05, 0.1) is 0 Å². The third kappa shape index (κ3) is 3.18. The number of unbranched alkanes of at least 4 members (excludes halogenated alkanes) is 2. The van der Waals surface area contributed by atoms with E-state index in [1.807, 2.05) is 0 Å². The number of hydrogen-bond acceptors (Lipinski definition) is 1. The summed E-state index contributed by atoms with van der Waals surface area (Å²) >= 11 is 0. The third-order valence-corrected chi connectivity index (χ3v) is 2.37. The van der Waals surface area contributed by atoms with Crippen LogP contribution in [-0.4, -0.2) is 6.54 Å². The normalized spacial score (nSPS) is 10.4. The second-order valence-electron chi connectivity index (χ2n) is 3.69. The highest BCUT2D eigenvalue weighted by Gasteiger charge is 2.09. The Morgan fingerprint density at radius 2 is 1.93 bits per heavy atom. The number of rotatable bonds is 5. The molecule has 1 nitrogen and oxygen atoms in total. The molecule has 0 atom stereocenters. The van der Waals surface area contributed by atoms with Gasteiger partial charge in [0.2, 0.25) is 0 Å². The molecular formula is C12H17F2N. The maximum atomic E-state index is 13.5. The van der Waals surface area contributed by atoms with Crippen LogP contribution in [0.3, 0.4) is 0 Å². The molecule has 1 rings (SSSR count). The van der Waals surface area contributed by atoms with E-state index in [1.165, 1.54) is 12.1 Å². The van der Waals surface area contributed by atoms with E-state index in [4.69, 9.17) is 0 Å². The van der Waals surface area contributed by atoms with Gasteiger partial charge < -0.3 is 5.32 Å². The average Bonchev–Trinajstić information content (AvgIpc) is 2.23. The lowest BCUT2D eigenvalue weighted by atomic mass is 10.2. The first-order valence-corrected chi connectivity index (χ1v) is 5.35. The number of nitrogens with one attached hydrogen (secondary N) is 1. The third-order valence-electron chi connectivity index (χ3n) is 2.37. The number of hydrogen-bond donors (Lipinski definition) is 1. The van der Waals surface area contributed by atoms with Gasteiger partial charge in [0, 0.05) is 6.54 Å². The van der Waals surface area contributed by atoms with Gasteiger partial charge in [0.15, 0.2) is 5.82 Å². The van der Waals surface area contributed by atoms with Crippen LogP contribution in [0.2, 0.25) is 0 Å². The topological polar surface area (TPSA) is 12.0 Å². The fourth-order valence-corrected chi connectivity index (χ4v) is 1.41. The Kier molecular flexibility index (Phi) is 4.53. The molecule has 0 bridgehead atoms. The summed E-state index contributed by atoms with van der Waals surface area (Å²) in [6.07, 6.45) is 3.10. The smallest absolute Gasteiger partial charge is 0.152 e. The molecule has 0 amide bonds. The maximum Gasteiger partial charge on any atom is 0.152 e. The molecule has 0 fully saturated rings. The van der Waals surface area contributed by atoms with Crippen LogP contribution in [0, 0.1) is 18.6 Å². The van der Waals surface area contributed by atoms with Crippen LogP contribution in [-0.2, 0) is 0 Å². The van der Waals surface area contributed by atoms with Gasteiger partial charge in [-0.25, -0.2) is 8.78 Å². The molecule has 84 valence electrons. The fraction of sp³-hybridized carbons (Fsp3) is 0.500. The summed E-state index contributed by atoms with van der Waals surface area (Å²) < 4.78 is 26.7. The van der Waals surface area contributed by atoms with Gasteiger partial charge in [-0.05, 0) is 25.0 Å². The minimum absolute atomic E-state index is 0.00565. The average molecular weight is 213 g/mol. The molecule has 0 aliphatic rings. The first kappa shape index (κ1) is 12.0. The Hall–Kier alpha value is -1.12. The predicted octanol–water partition coefficient (Wildman–Crippen LogP) is 3.88. The van der Waals surface area contributed by atoms with Gasteiger partial charge in [-0.2, -0.15) is 0 Å². The summed E-state index contributed by atoms with van der Waals surface area (Å²) in [6, 6.07) is 2.74. The zero-order chi connectivity index (χ0) is 11.3. The van der Waals surface area contributed by atoms with Crippen LogP contribution in [0.5, 0.6) is 0 Å². The Balaban J connectivity index is 2.63. The summed E-state index contributed by atoms with van der Waals surface area (Å²) in [5.41, 5.74) is 0.473. The largest absolute Gasteiger partial charge is 0.380 e. The molecule has 1 N–H and O–H groups in total. The van der Waals surface area contributed by atoms with Gasteiger partial charge in [0.1, 0.15) is 11.5 Å². The van der Waals surface area contributed by atoms with E-state index in [0.717, 1.165) is 19.3 Å². The first-order chi connectivity index (χ1) is 7.16. The van der Waals surface area contributed by atoms with Crippen molar-refractivity contribution in [2.75, 3.05) is 11.9 Å². The molecule has 0 radical (unpaired) electrons. The number of benzene rings is 1. The van der Waals surface area contributed by atoms with Crippen molar-refractivity contribution in [1.82, 2.24) is 0 Å². The van der Waals surface area contributed by atoms with E-state index in [0.29, 0.717) is 12.1 Å². The molecule has 0 heterocycles. The van der Waals surface area contributed by atoms with Crippen LogP contribution in [0.25, 0.3) is 0 Å². The standard InChI is InChI=1S/C12H17F2N/c1-3-4-5-8-15-12-10(13)7-6-9(2)11(12)14/h6-7,15H,3-5,8H2,1-2H3. The fourth-order valence-electron chi connectivity index (χ4n) is 1.41. The quantitative estimate of drug-likeness (QED) is 0.732.